The molecule has 3 amide bonds. The molecule has 4 fully saturated rings. The molecule has 6 atom stereocenters. The van der Waals surface area contributed by atoms with E-state index in [4.69, 9.17) is 28.4 Å². The van der Waals surface area contributed by atoms with Crippen LogP contribution in [0.15, 0.2) is 78.9 Å². The summed E-state index contributed by atoms with van der Waals surface area (Å²) in [6.45, 7) is 7.99. The lowest BCUT2D eigenvalue weighted by Crippen LogP contribution is -2.53. The molecule has 2 aliphatic carbocycles. The van der Waals surface area contributed by atoms with Gasteiger partial charge in [0.15, 0.2) is 18.3 Å². The Hall–Kier alpha value is -6.20. The average molecular weight is 1100 g/mol. The summed E-state index contributed by atoms with van der Waals surface area (Å²) in [5, 5.41) is 0. The van der Waals surface area contributed by atoms with Gasteiger partial charge in [0.25, 0.3) is 11.8 Å². The number of esters is 4. The van der Waals surface area contributed by atoms with Crippen molar-refractivity contribution in [1.82, 2.24) is 14.7 Å². The number of carbonyl (C=O) groups is 7. The van der Waals surface area contributed by atoms with Crippen LogP contribution in [-0.2, 0) is 81.4 Å². The highest BCUT2D eigenvalue weighted by atomic mass is 19.1. The summed E-state index contributed by atoms with van der Waals surface area (Å²) in [5.74, 6) is -4.32. The van der Waals surface area contributed by atoms with E-state index in [-0.39, 0.29) is 49.5 Å². The van der Waals surface area contributed by atoms with Crippen LogP contribution in [0.25, 0.3) is 0 Å². The SMILES string of the molecule is C[C@@H](OC(=O)[C@H](CC1CC1)N(C)C(=O)[C@@H](Cc1ccc(C2CCOCC2)cc1)OC(=O)[C@H](CC(C)(C)F)N(C)C(=O)[C@@H](C)OC(=O)[C@H](CC1CC1)N(C)C(=O)CCc1ccc(C2CCOCC2)cc1)C(=O)OCc1ccccc1. The number of ether oxygens (including phenoxy) is 6. The van der Waals surface area contributed by atoms with Gasteiger partial charge in [-0.3, -0.25) is 14.4 Å². The molecule has 2 saturated carbocycles. The molecule has 2 saturated heterocycles. The normalized spacial score (nSPS) is 18.4. The third-order valence-electron chi connectivity index (χ3n) is 15.9. The standard InChI is InChI=1S/C62H82FN3O13/c1-40(77-59(71)51(35-43-13-14-43)64(5)55(67)26-21-42-17-22-47(23-18-42)49-27-31-74-32-28-49)56(68)66(7)53(38-62(3,4)63)61(73)79-54(37-45-19-24-48(25-20-45)50-29-33-75-34-30-50)57(69)65(6)52(36-44-15-16-44)60(72)78-41(2)58(70)76-39-46-11-9-8-10-12-46/h8-12,17-20,22-25,40-41,43-44,49-54H,13-16,21,26-39H2,1-7H3/t40-,41-,51+,52+,53+,54-/m1/s1. The quantitative estimate of drug-likeness (QED) is 0.0524. The molecular formula is C62H82FN3O13. The van der Waals surface area contributed by atoms with E-state index in [1.54, 1.807) is 19.2 Å². The fraction of sp³-hybridized carbons (Fsp3) is 0.597. The highest BCUT2D eigenvalue weighted by Gasteiger charge is 2.43. The third kappa shape index (κ3) is 18.2. The second-order valence-corrected chi connectivity index (χ2v) is 22.9. The number of likely N-dealkylation sites (N-methyl/N-ethyl adjacent to an activating group) is 3. The minimum atomic E-state index is -2.04. The fourth-order valence-corrected chi connectivity index (χ4v) is 10.4. The number of rotatable bonds is 27. The molecule has 0 spiro atoms. The van der Waals surface area contributed by atoms with Crippen LogP contribution in [-0.4, -0.2) is 146 Å². The fourth-order valence-electron chi connectivity index (χ4n) is 10.4. The van der Waals surface area contributed by atoms with Crippen molar-refractivity contribution in [2.45, 2.75) is 178 Å². The Morgan fingerprint density at radius 2 is 1.03 bits per heavy atom. The zero-order valence-corrected chi connectivity index (χ0v) is 47.2. The molecule has 7 rings (SSSR count). The Morgan fingerprint density at radius 1 is 0.557 bits per heavy atom. The molecule has 0 N–H and O–H groups in total. The van der Waals surface area contributed by atoms with Gasteiger partial charge in [-0.05, 0) is 124 Å². The second-order valence-electron chi connectivity index (χ2n) is 22.9. The number of hydrogen-bond donors (Lipinski definition) is 0. The van der Waals surface area contributed by atoms with E-state index in [0.717, 1.165) is 86.2 Å². The van der Waals surface area contributed by atoms with Crippen molar-refractivity contribution in [1.29, 1.82) is 0 Å². The number of halogens is 1. The van der Waals surface area contributed by atoms with Crippen molar-refractivity contribution in [2.75, 3.05) is 47.6 Å². The molecule has 79 heavy (non-hydrogen) atoms. The van der Waals surface area contributed by atoms with E-state index in [9.17, 15) is 33.6 Å². The van der Waals surface area contributed by atoms with Crippen LogP contribution in [0.5, 0.6) is 0 Å². The third-order valence-corrected chi connectivity index (χ3v) is 15.9. The number of hydrogen-bond acceptors (Lipinski definition) is 13. The van der Waals surface area contributed by atoms with E-state index in [2.05, 4.69) is 12.1 Å². The first kappa shape index (κ1) is 60.4. The minimum absolute atomic E-state index is 0.0327. The van der Waals surface area contributed by atoms with Gasteiger partial charge in [-0.1, -0.05) is 105 Å². The maximum atomic E-state index is 15.8. The molecule has 0 bridgehead atoms. The lowest BCUT2D eigenvalue weighted by molar-refractivity contribution is -0.175. The Kier molecular flexibility index (Phi) is 21.6. The molecule has 0 unspecified atom stereocenters. The average Bonchev–Trinajstić information content (AvgIpc) is 4.43. The van der Waals surface area contributed by atoms with Crippen molar-refractivity contribution >= 4 is 41.6 Å². The Balaban J connectivity index is 1.04. The molecule has 4 aliphatic rings. The summed E-state index contributed by atoms with van der Waals surface area (Å²) in [4.78, 5) is 102. The van der Waals surface area contributed by atoms with Gasteiger partial charge in [0.1, 0.15) is 30.4 Å². The molecule has 0 aromatic heterocycles. The van der Waals surface area contributed by atoms with Crippen LogP contribution in [0.1, 0.15) is 144 Å². The Labute approximate surface area is 465 Å². The largest absolute Gasteiger partial charge is 0.458 e. The predicted molar refractivity (Wildman–Crippen MR) is 292 cm³/mol. The van der Waals surface area contributed by atoms with Crippen molar-refractivity contribution in [3.05, 3.63) is 107 Å². The second kappa shape index (κ2) is 28.3. The van der Waals surface area contributed by atoms with E-state index in [1.807, 2.05) is 54.6 Å². The zero-order valence-electron chi connectivity index (χ0n) is 47.2. The maximum absolute atomic E-state index is 15.8. The summed E-state index contributed by atoms with van der Waals surface area (Å²) in [6, 6.07) is 21.2. The van der Waals surface area contributed by atoms with Gasteiger partial charge in [-0.2, -0.15) is 0 Å². The van der Waals surface area contributed by atoms with Crippen molar-refractivity contribution in [3.63, 3.8) is 0 Å². The van der Waals surface area contributed by atoms with Crippen LogP contribution >= 0.6 is 0 Å². The van der Waals surface area contributed by atoms with E-state index < -0.39 is 84.2 Å². The molecule has 2 aliphatic heterocycles. The van der Waals surface area contributed by atoms with Gasteiger partial charge in [0.05, 0.1) is 0 Å². The number of nitrogens with zero attached hydrogens (tertiary/aromatic N) is 3. The number of amides is 3. The highest BCUT2D eigenvalue weighted by molar-refractivity contribution is 5.92. The van der Waals surface area contributed by atoms with Crippen LogP contribution < -0.4 is 0 Å². The molecule has 2 heterocycles. The van der Waals surface area contributed by atoms with Crippen molar-refractivity contribution < 1.29 is 66.4 Å². The molecule has 16 nitrogen and oxygen atoms in total. The topological polar surface area (TPSA) is 185 Å². The summed E-state index contributed by atoms with van der Waals surface area (Å²) >= 11 is 0. The number of carbonyl (C=O) groups excluding carboxylic acids is 7. The van der Waals surface area contributed by atoms with Crippen LogP contribution in [0.2, 0.25) is 0 Å². The van der Waals surface area contributed by atoms with Gasteiger partial charge in [-0.25, -0.2) is 23.6 Å². The summed E-state index contributed by atoms with van der Waals surface area (Å²) in [5.41, 5.74) is 2.67. The van der Waals surface area contributed by atoms with Gasteiger partial charge < -0.3 is 43.1 Å². The molecule has 430 valence electrons. The van der Waals surface area contributed by atoms with E-state index >= 15 is 4.39 Å². The molecule has 17 heteroatoms. The Morgan fingerprint density at radius 3 is 1.53 bits per heavy atom. The van der Waals surface area contributed by atoms with Gasteiger partial charge in [0, 0.05) is 66.8 Å². The van der Waals surface area contributed by atoms with Crippen LogP contribution in [0.3, 0.4) is 0 Å². The van der Waals surface area contributed by atoms with E-state index in [1.165, 1.54) is 57.2 Å². The van der Waals surface area contributed by atoms with Crippen molar-refractivity contribution in [3.8, 4) is 0 Å². The smallest absolute Gasteiger partial charge is 0.347 e. The summed E-state index contributed by atoms with van der Waals surface area (Å²) < 4.78 is 49.9. The summed E-state index contributed by atoms with van der Waals surface area (Å²) in [7, 11) is 4.26. The first-order valence-electron chi connectivity index (χ1n) is 28.4. The molecule has 3 aromatic rings. The Bertz CT molecular complexity index is 2520. The number of aryl methyl sites for hydroxylation is 1. The number of benzene rings is 3. The molecule has 3 aromatic carbocycles. The monoisotopic (exact) mass is 1100 g/mol. The van der Waals surface area contributed by atoms with Gasteiger partial charge >= 0.3 is 23.9 Å². The first-order chi connectivity index (χ1) is 37.7. The summed E-state index contributed by atoms with van der Waals surface area (Å²) in [6.07, 6.45) is 3.20. The van der Waals surface area contributed by atoms with Gasteiger partial charge in [-0.15, -0.1) is 0 Å². The van der Waals surface area contributed by atoms with Crippen molar-refractivity contribution in [2.24, 2.45) is 11.8 Å². The first-order valence-corrected chi connectivity index (χ1v) is 28.4. The zero-order chi connectivity index (χ0) is 56.8. The predicted octanol–water partition coefficient (Wildman–Crippen LogP) is 8.39. The number of alkyl halides is 1. The lowest BCUT2D eigenvalue weighted by Gasteiger charge is -2.34. The maximum Gasteiger partial charge on any atom is 0.347 e. The van der Waals surface area contributed by atoms with Crippen LogP contribution in [0, 0.1) is 11.8 Å². The van der Waals surface area contributed by atoms with Gasteiger partial charge in [0.2, 0.25) is 5.91 Å². The van der Waals surface area contributed by atoms with E-state index in [0.29, 0.717) is 37.5 Å². The van der Waals surface area contributed by atoms with Crippen LogP contribution in [0.4, 0.5) is 4.39 Å². The lowest BCUT2D eigenvalue weighted by atomic mass is 9.90. The molecule has 0 radical (unpaired) electrons. The minimum Gasteiger partial charge on any atom is -0.458 e. The molecular weight excluding hydrogens is 1010 g/mol. The highest BCUT2D eigenvalue weighted by Crippen LogP contribution is 2.37.